The maximum atomic E-state index is 11.7. The minimum atomic E-state index is -0.0988. The van der Waals surface area contributed by atoms with Gasteiger partial charge in [0.25, 0.3) is 0 Å². The van der Waals surface area contributed by atoms with Crippen molar-refractivity contribution in [1.29, 1.82) is 0 Å². The SMILES string of the molecule is CC.CC1=CC(=O)C(c2ccccc2)=CC1=O. The van der Waals surface area contributed by atoms with E-state index in [-0.39, 0.29) is 11.6 Å². The second kappa shape index (κ2) is 5.94. The quantitative estimate of drug-likeness (QED) is 0.692. The van der Waals surface area contributed by atoms with Crippen LogP contribution in [0.15, 0.2) is 48.1 Å². The Morgan fingerprint density at radius 2 is 1.41 bits per heavy atom. The van der Waals surface area contributed by atoms with Gasteiger partial charge in [0, 0.05) is 11.1 Å². The maximum Gasteiger partial charge on any atom is 0.186 e. The van der Waals surface area contributed by atoms with Crippen molar-refractivity contribution in [1.82, 2.24) is 0 Å². The smallest absolute Gasteiger partial charge is 0.186 e. The lowest BCUT2D eigenvalue weighted by Gasteiger charge is -2.09. The fourth-order valence-corrected chi connectivity index (χ4v) is 1.50. The second-order valence-electron chi connectivity index (χ2n) is 3.48. The average molecular weight is 228 g/mol. The summed E-state index contributed by atoms with van der Waals surface area (Å²) in [6.45, 7) is 5.65. The van der Waals surface area contributed by atoms with E-state index in [9.17, 15) is 9.59 Å². The zero-order valence-corrected chi connectivity index (χ0v) is 10.4. The Labute approximate surface area is 102 Å². The molecule has 1 aromatic rings. The summed E-state index contributed by atoms with van der Waals surface area (Å²) in [5, 5.41) is 0. The van der Waals surface area contributed by atoms with Crippen LogP contribution < -0.4 is 0 Å². The van der Waals surface area contributed by atoms with Gasteiger partial charge in [0.2, 0.25) is 0 Å². The summed E-state index contributed by atoms with van der Waals surface area (Å²) >= 11 is 0. The molecule has 2 heteroatoms. The Hall–Kier alpha value is -1.96. The standard InChI is InChI=1S/C13H10O2.C2H6/c1-9-7-13(15)11(8-12(9)14)10-5-3-2-4-6-10;1-2/h2-8H,1H3;1-2H3. The number of hydrogen-bond acceptors (Lipinski definition) is 2. The van der Waals surface area contributed by atoms with Crippen molar-refractivity contribution in [3.63, 3.8) is 0 Å². The molecule has 0 fully saturated rings. The molecule has 88 valence electrons. The largest absolute Gasteiger partial charge is 0.290 e. The lowest BCUT2D eigenvalue weighted by molar-refractivity contribution is -0.114. The van der Waals surface area contributed by atoms with Crippen LogP contribution in [-0.4, -0.2) is 11.6 Å². The molecule has 0 N–H and O–H groups in total. The van der Waals surface area contributed by atoms with Crippen molar-refractivity contribution in [2.75, 3.05) is 0 Å². The molecule has 1 aromatic carbocycles. The first-order valence-corrected chi connectivity index (χ1v) is 5.72. The highest BCUT2D eigenvalue weighted by Gasteiger charge is 2.18. The lowest BCUT2D eigenvalue weighted by atomic mass is 9.93. The van der Waals surface area contributed by atoms with Gasteiger partial charge >= 0.3 is 0 Å². The summed E-state index contributed by atoms with van der Waals surface area (Å²) in [5.41, 5.74) is 1.77. The molecule has 0 aromatic heterocycles. The lowest BCUT2D eigenvalue weighted by Crippen LogP contribution is -2.10. The third-order valence-corrected chi connectivity index (χ3v) is 2.36. The molecule has 0 bridgehead atoms. The molecule has 1 aliphatic carbocycles. The van der Waals surface area contributed by atoms with Gasteiger partial charge in [0.15, 0.2) is 11.6 Å². The van der Waals surface area contributed by atoms with Gasteiger partial charge in [-0.25, -0.2) is 0 Å². The van der Waals surface area contributed by atoms with Gasteiger partial charge in [0.1, 0.15) is 0 Å². The molecule has 17 heavy (non-hydrogen) atoms. The summed E-state index contributed by atoms with van der Waals surface area (Å²) in [4.78, 5) is 23.1. The third-order valence-electron chi connectivity index (χ3n) is 2.36. The Morgan fingerprint density at radius 1 is 0.824 bits per heavy atom. The molecule has 2 rings (SSSR count). The van der Waals surface area contributed by atoms with Crippen LogP contribution in [-0.2, 0) is 9.59 Å². The van der Waals surface area contributed by atoms with Crippen molar-refractivity contribution in [3.8, 4) is 0 Å². The molecule has 0 spiro atoms. The molecule has 0 radical (unpaired) electrons. The van der Waals surface area contributed by atoms with Gasteiger partial charge in [0.05, 0.1) is 0 Å². The number of rotatable bonds is 1. The van der Waals surface area contributed by atoms with Crippen LogP contribution in [0.25, 0.3) is 5.57 Å². The minimum Gasteiger partial charge on any atom is -0.290 e. The van der Waals surface area contributed by atoms with Crippen LogP contribution in [0.2, 0.25) is 0 Å². The van der Waals surface area contributed by atoms with Crippen LogP contribution in [0.3, 0.4) is 0 Å². The normalized spacial score (nSPS) is 14.5. The Balaban J connectivity index is 0.000000686. The number of hydrogen-bond donors (Lipinski definition) is 0. The average Bonchev–Trinajstić information content (AvgIpc) is 2.37. The molecule has 0 atom stereocenters. The highest BCUT2D eigenvalue weighted by molar-refractivity contribution is 6.35. The monoisotopic (exact) mass is 228 g/mol. The number of carbonyl (C=O) groups is 2. The number of carbonyl (C=O) groups excluding carboxylic acids is 2. The number of benzene rings is 1. The Kier molecular flexibility index (Phi) is 4.58. The second-order valence-corrected chi connectivity index (χ2v) is 3.48. The molecule has 0 amide bonds. The van der Waals surface area contributed by atoms with Crippen LogP contribution in [0.1, 0.15) is 26.3 Å². The summed E-state index contributed by atoms with van der Waals surface area (Å²) in [5.74, 6) is -0.188. The van der Waals surface area contributed by atoms with Crippen LogP contribution >= 0.6 is 0 Å². The van der Waals surface area contributed by atoms with Gasteiger partial charge in [-0.3, -0.25) is 9.59 Å². The molecule has 0 aliphatic heterocycles. The van der Waals surface area contributed by atoms with Gasteiger partial charge < -0.3 is 0 Å². The Bertz CT molecular complexity index is 479. The summed E-state index contributed by atoms with van der Waals surface area (Å²) < 4.78 is 0. The van der Waals surface area contributed by atoms with Gasteiger partial charge in [-0.15, -0.1) is 0 Å². The first-order chi connectivity index (χ1) is 8.18. The molecular formula is C15H16O2. The summed E-state index contributed by atoms with van der Waals surface area (Å²) in [7, 11) is 0. The molecule has 0 heterocycles. The highest BCUT2D eigenvalue weighted by atomic mass is 16.1. The van der Waals surface area contributed by atoms with E-state index < -0.39 is 0 Å². The van der Waals surface area contributed by atoms with E-state index in [4.69, 9.17) is 0 Å². The van der Waals surface area contributed by atoms with Gasteiger partial charge in [-0.05, 0) is 24.6 Å². The predicted octanol–water partition coefficient (Wildman–Crippen LogP) is 3.19. The van der Waals surface area contributed by atoms with E-state index in [1.54, 1.807) is 6.92 Å². The molecule has 1 aliphatic rings. The van der Waals surface area contributed by atoms with Crippen molar-refractivity contribution in [2.24, 2.45) is 0 Å². The summed E-state index contributed by atoms with van der Waals surface area (Å²) in [6.07, 6.45) is 2.80. The minimum absolute atomic E-state index is 0.0894. The van der Waals surface area contributed by atoms with Crippen LogP contribution in [0.4, 0.5) is 0 Å². The maximum absolute atomic E-state index is 11.7. The van der Waals surface area contributed by atoms with Gasteiger partial charge in [-0.2, -0.15) is 0 Å². The van der Waals surface area contributed by atoms with E-state index in [0.717, 1.165) is 5.56 Å². The van der Waals surface area contributed by atoms with E-state index >= 15 is 0 Å². The van der Waals surface area contributed by atoms with E-state index in [2.05, 4.69) is 0 Å². The van der Waals surface area contributed by atoms with Crippen LogP contribution in [0, 0.1) is 0 Å². The fourth-order valence-electron chi connectivity index (χ4n) is 1.50. The van der Waals surface area contributed by atoms with Gasteiger partial charge in [-0.1, -0.05) is 44.2 Å². The molecule has 0 saturated heterocycles. The fraction of sp³-hybridized carbons (Fsp3) is 0.200. The molecule has 2 nitrogen and oxygen atoms in total. The summed E-state index contributed by atoms with van der Waals surface area (Å²) in [6, 6.07) is 9.22. The topological polar surface area (TPSA) is 34.1 Å². The zero-order chi connectivity index (χ0) is 12.8. The van der Waals surface area contributed by atoms with Crippen molar-refractivity contribution < 1.29 is 9.59 Å². The third kappa shape index (κ3) is 3.00. The molecule has 0 unspecified atom stereocenters. The molecular weight excluding hydrogens is 212 g/mol. The zero-order valence-electron chi connectivity index (χ0n) is 10.4. The van der Waals surface area contributed by atoms with Crippen molar-refractivity contribution in [2.45, 2.75) is 20.8 Å². The van der Waals surface area contributed by atoms with E-state index in [0.29, 0.717) is 11.1 Å². The predicted molar refractivity (Wildman–Crippen MR) is 69.5 cm³/mol. The van der Waals surface area contributed by atoms with Crippen molar-refractivity contribution in [3.05, 3.63) is 53.6 Å². The Morgan fingerprint density at radius 3 is 2.00 bits per heavy atom. The van der Waals surface area contributed by atoms with Crippen molar-refractivity contribution >= 4 is 17.1 Å². The number of ketones is 2. The first-order valence-electron chi connectivity index (χ1n) is 5.72. The first kappa shape index (κ1) is 13.1. The highest BCUT2D eigenvalue weighted by Crippen LogP contribution is 2.21. The van der Waals surface area contributed by atoms with E-state index in [1.807, 2.05) is 44.2 Å². The molecule has 0 saturated carbocycles. The van der Waals surface area contributed by atoms with E-state index in [1.165, 1.54) is 12.2 Å². The van der Waals surface area contributed by atoms with Crippen LogP contribution in [0.5, 0.6) is 0 Å². The number of allylic oxidation sites excluding steroid dienone is 4.